The van der Waals surface area contributed by atoms with E-state index < -0.39 is 12.1 Å². The number of nitrogens with one attached hydrogen (secondary N) is 1. The molecule has 0 aliphatic carbocycles. The molecule has 2 rings (SSSR count). The van der Waals surface area contributed by atoms with Gasteiger partial charge in [-0.15, -0.1) is 0 Å². The van der Waals surface area contributed by atoms with E-state index in [2.05, 4.69) is 5.32 Å². The van der Waals surface area contributed by atoms with Crippen molar-refractivity contribution in [1.29, 1.82) is 0 Å². The highest BCUT2D eigenvalue weighted by atomic mass is 16.6. The number of hydrogen-bond donors (Lipinski definition) is 1. The molecule has 2 aromatic carbocycles. The Morgan fingerprint density at radius 1 is 1.04 bits per heavy atom. The van der Waals surface area contributed by atoms with E-state index in [0.29, 0.717) is 12.3 Å². The molecule has 2 aromatic rings. The number of benzene rings is 2. The Balaban J connectivity index is 1.77. The van der Waals surface area contributed by atoms with Crippen molar-refractivity contribution in [2.24, 2.45) is 0 Å². The Morgan fingerprint density at radius 3 is 2.42 bits per heavy atom. The molecule has 0 aliphatic heterocycles. The Labute approximate surface area is 154 Å². The Hall–Kier alpha value is -2.82. The lowest BCUT2D eigenvalue weighted by Crippen LogP contribution is -2.36. The maximum absolute atomic E-state index is 12.1. The Bertz CT molecular complexity index is 768. The summed E-state index contributed by atoms with van der Waals surface area (Å²) in [7, 11) is 0. The first kappa shape index (κ1) is 19.5. The molecule has 5 nitrogen and oxygen atoms in total. The molecule has 0 spiro atoms. The first-order chi connectivity index (χ1) is 12.4. The number of carbonyl (C=O) groups excluding carboxylic acids is 2. The molecule has 0 saturated heterocycles. The predicted octanol–water partition coefficient (Wildman–Crippen LogP) is 3.24. The third kappa shape index (κ3) is 5.62. The van der Waals surface area contributed by atoms with E-state index in [1.807, 2.05) is 57.2 Å². The number of aryl methyl sites for hydroxylation is 2. The van der Waals surface area contributed by atoms with Gasteiger partial charge in [-0.1, -0.05) is 42.0 Å². The van der Waals surface area contributed by atoms with Crippen LogP contribution in [0.3, 0.4) is 0 Å². The Kier molecular flexibility index (Phi) is 6.78. The molecule has 0 aromatic heterocycles. The fraction of sp³-hybridized carbons (Fsp3) is 0.333. The molecule has 26 heavy (non-hydrogen) atoms. The van der Waals surface area contributed by atoms with Gasteiger partial charge in [-0.05, 0) is 50.5 Å². The topological polar surface area (TPSA) is 64.6 Å². The molecule has 0 heterocycles. The molecule has 0 aliphatic rings. The number of ether oxygens (including phenoxy) is 2. The van der Waals surface area contributed by atoms with Crippen molar-refractivity contribution in [3.63, 3.8) is 0 Å². The second-order valence-corrected chi connectivity index (χ2v) is 6.32. The van der Waals surface area contributed by atoms with Crippen molar-refractivity contribution >= 4 is 11.9 Å². The monoisotopic (exact) mass is 355 g/mol. The summed E-state index contributed by atoms with van der Waals surface area (Å²) < 4.78 is 10.6. The summed E-state index contributed by atoms with van der Waals surface area (Å²) in [6, 6.07) is 13.5. The number of carbonyl (C=O) groups is 2. The summed E-state index contributed by atoms with van der Waals surface area (Å²) in [4.78, 5) is 24.0. The molecule has 138 valence electrons. The fourth-order valence-corrected chi connectivity index (χ4v) is 2.34. The molecule has 0 radical (unpaired) electrons. The van der Waals surface area contributed by atoms with Crippen LogP contribution in [0.2, 0.25) is 0 Å². The van der Waals surface area contributed by atoms with Gasteiger partial charge in [-0.3, -0.25) is 4.79 Å². The largest absolute Gasteiger partial charge is 0.482 e. The zero-order chi connectivity index (χ0) is 19.1. The number of rotatable bonds is 7. The van der Waals surface area contributed by atoms with Crippen molar-refractivity contribution in [1.82, 2.24) is 5.32 Å². The molecule has 0 bridgehead atoms. The summed E-state index contributed by atoms with van der Waals surface area (Å²) in [5.74, 6) is -0.284. The molecule has 1 amide bonds. The van der Waals surface area contributed by atoms with Crippen molar-refractivity contribution in [3.8, 4) is 5.75 Å². The minimum absolute atomic E-state index is 0.236. The van der Waals surface area contributed by atoms with Crippen LogP contribution < -0.4 is 10.1 Å². The van der Waals surface area contributed by atoms with E-state index in [1.165, 1.54) is 0 Å². The maximum Gasteiger partial charge on any atom is 0.344 e. The maximum atomic E-state index is 12.1. The van der Waals surface area contributed by atoms with E-state index in [0.717, 1.165) is 22.3 Å². The van der Waals surface area contributed by atoms with Crippen LogP contribution in [-0.2, 0) is 20.9 Å². The van der Waals surface area contributed by atoms with Gasteiger partial charge >= 0.3 is 5.97 Å². The summed E-state index contributed by atoms with van der Waals surface area (Å²) in [6.45, 7) is 7.60. The molecule has 0 unspecified atom stereocenters. The van der Waals surface area contributed by atoms with Gasteiger partial charge in [0.2, 0.25) is 0 Å². The van der Waals surface area contributed by atoms with Gasteiger partial charge in [0.1, 0.15) is 5.75 Å². The van der Waals surface area contributed by atoms with Gasteiger partial charge in [0.05, 0.1) is 0 Å². The zero-order valence-corrected chi connectivity index (χ0v) is 15.7. The lowest BCUT2D eigenvalue weighted by Gasteiger charge is -2.15. The highest BCUT2D eigenvalue weighted by Crippen LogP contribution is 2.20. The summed E-state index contributed by atoms with van der Waals surface area (Å²) in [5, 5.41) is 2.76. The minimum atomic E-state index is -0.879. The number of amides is 1. The lowest BCUT2D eigenvalue weighted by atomic mass is 10.1. The molecule has 0 fully saturated rings. The van der Waals surface area contributed by atoms with Gasteiger partial charge in [-0.25, -0.2) is 4.79 Å². The third-order valence-corrected chi connectivity index (χ3v) is 4.17. The van der Waals surface area contributed by atoms with Crippen molar-refractivity contribution in [3.05, 3.63) is 64.7 Å². The first-order valence-corrected chi connectivity index (χ1v) is 8.58. The van der Waals surface area contributed by atoms with E-state index in [-0.39, 0.29) is 12.5 Å². The summed E-state index contributed by atoms with van der Waals surface area (Å²) in [5.41, 5.74) is 4.20. The molecular weight excluding hydrogens is 330 g/mol. The van der Waals surface area contributed by atoms with Crippen LogP contribution in [0.25, 0.3) is 0 Å². The highest BCUT2D eigenvalue weighted by Gasteiger charge is 2.18. The van der Waals surface area contributed by atoms with Crippen LogP contribution >= 0.6 is 0 Å². The smallest absolute Gasteiger partial charge is 0.344 e. The predicted molar refractivity (Wildman–Crippen MR) is 100.0 cm³/mol. The first-order valence-electron chi connectivity index (χ1n) is 8.58. The van der Waals surface area contributed by atoms with Gasteiger partial charge in [0.25, 0.3) is 5.91 Å². The van der Waals surface area contributed by atoms with Gasteiger partial charge in [0.15, 0.2) is 12.7 Å². The van der Waals surface area contributed by atoms with Gasteiger partial charge in [-0.2, -0.15) is 0 Å². The fourth-order valence-electron chi connectivity index (χ4n) is 2.34. The quantitative estimate of drug-likeness (QED) is 0.775. The van der Waals surface area contributed by atoms with E-state index in [1.54, 1.807) is 13.0 Å². The molecule has 0 saturated carbocycles. The molecule has 1 N–H and O–H groups in total. The van der Waals surface area contributed by atoms with E-state index >= 15 is 0 Å². The molecular formula is C21H25NO4. The molecule has 5 heteroatoms. The average Bonchev–Trinajstić information content (AvgIpc) is 2.62. The summed E-state index contributed by atoms with van der Waals surface area (Å²) >= 11 is 0. The second-order valence-electron chi connectivity index (χ2n) is 6.32. The van der Waals surface area contributed by atoms with Crippen molar-refractivity contribution < 1.29 is 19.1 Å². The van der Waals surface area contributed by atoms with Crippen LogP contribution in [0.4, 0.5) is 0 Å². The van der Waals surface area contributed by atoms with Gasteiger partial charge in [0, 0.05) is 6.54 Å². The SMILES string of the molecule is Cc1ccc(CNC(=O)[C@@H](C)OC(=O)COc2cccc(C)c2C)cc1. The highest BCUT2D eigenvalue weighted by molar-refractivity contribution is 5.83. The van der Waals surface area contributed by atoms with Crippen LogP contribution in [0.5, 0.6) is 5.75 Å². The second kappa shape index (κ2) is 9.04. The number of esters is 1. The summed E-state index contributed by atoms with van der Waals surface area (Å²) in [6.07, 6.45) is -0.879. The lowest BCUT2D eigenvalue weighted by molar-refractivity contribution is -0.156. The third-order valence-electron chi connectivity index (χ3n) is 4.17. The van der Waals surface area contributed by atoms with Crippen LogP contribution in [-0.4, -0.2) is 24.6 Å². The standard InChI is InChI=1S/C21H25NO4/c1-14-8-10-18(11-9-14)12-22-21(24)17(4)26-20(23)13-25-19-7-5-6-15(2)16(19)3/h5-11,17H,12-13H2,1-4H3,(H,22,24)/t17-/m1/s1. The minimum Gasteiger partial charge on any atom is -0.482 e. The Morgan fingerprint density at radius 2 is 1.73 bits per heavy atom. The molecule has 1 atom stereocenters. The van der Waals surface area contributed by atoms with Crippen LogP contribution in [0, 0.1) is 20.8 Å². The van der Waals surface area contributed by atoms with Crippen molar-refractivity contribution in [2.45, 2.75) is 40.3 Å². The van der Waals surface area contributed by atoms with E-state index in [4.69, 9.17) is 9.47 Å². The number of hydrogen-bond acceptors (Lipinski definition) is 4. The van der Waals surface area contributed by atoms with E-state index in [9.17, 15) is 9.59 Å². The van der Waals surface area contributed by atoms with Crippen molar-refractivity contribution in [2.75, 3.05) is 6.61 Å². The average molecular weight is 355 g/mol. The normalized spacial score (nSPS) is 11.5. The van der Waals surface area contributed by atoms with Crippen LogP contribution in [0.1, 0.15) is 29.2 Å². The van der Waals surface area contributed by atoms with Gasteiger partial charge < -0.3 is 14.8 Å². The van der Waals surface area contributed by atoms with Crippen LogP contribution in [0.15, 0.2) is 42.5 Å². The zero-order valence-electron chi connectivity index (χ0n) is 15.7.